The Balaban J connectivity index is 1.54. The Kier molecular flexibility index (Phi) is 7.67. The maximum atomic E-state index is 12.5. The highest BCUT2D eigenvalue weighted by atomic mass is 16.5. The van der Waals surface area contributed by atoms with Crippen molar-refractivity contribution >= 4 is 29.6 Å². The lowest BCUT2D eigenvalue weighted by atomic mass is 9.96. The highest BCUT2D eigenvalue weighted by Gasteiger charge is 2.27. The molecule has 3 heterocycles. The second kappa shape index (κ2) is 10.5. The maximum Gasteiger partial charge on any atom is 0.327 e. The minimum atomic E-state index is -0.686. The van der Waals surface area contributed by atoms with Gasteiger partial charge in [0.1, 0.15) is 23.1 Å². The maximum absolute atomic E-state index is 12.5. The van der Waals surface area contributed by atoms with Gasteiger partial charge in [-0.1, -0.05) is 20.8 Å². The Morgan fingerprint density at radius 1 is 1.06 bits per heavy atom. The van der Waals surface area contributed by atoms with Gasteiger partial charge in [0.2, 0.25) is 5.91 Å². The van der Waals surface area contributed by atoms with Gasteiger partial charge >= 0.3 is 12.1 Å². The molecule has 1 atom stereocenters. The number of rotatable bonds is 5. The summed E-state index contributed by atoms with van der Waals surface area (Å²) in [6.45, 7) is 6.50. The van der Waals surface area contributed by atoms with E-state index in [0.29, 0.717) is 36.4 Å². The molecule has 182 valence electrons. The smallest absolute Gasteiger partial charge is 0.327 e. The van der Waals surface area contributed by atoms with Crippen molar-refractivity contribution in [3.05, 3.63) is 36.7 Å². The van der Waals surface area contributed by atoms with Crippen LogP contribution < -0.4 is 20.7 Å². The Morgan fingerprint density at radius 3 is 2.44 bits per heavy atom. The first-order chi connectivity index (χ1) is 16.0. The minimum absolute atomic E-state index is 0.200. The van der Waals surface area contributed by atoms with Crippen LogP contribution >= 0.6 is 0 Å². The molecule has 0 saturated carbocycles. The third-order valence-corrected chi connectivity index (χ3v) is 5.27. The quantitative estimate of drug-likeness (QED) is 0.614. The first-order valence-electron chi connectivity index (χ1n) is 11.0. The van der Waals surface area contributed by atoms with Gasteiger partial charge in [-0.25, -0.2) is 19.6 Å². The summed E-state index contributed by atoms with van der Waals surface area (Å²) in [5.74, 6) is 1.13. The Bertz CT molecular complexity index is 1030. The summed E-state index contributed by atoms with van der Waals surface area (Å²) in [5, 5.41) is 7.57. The molecule has 0 radical (unpaired) electrons. The average Bonchev–Trinajstić information content (AvgIpc) is 3.26. The van der Waals surface area contributed by atoms with E-state index in [4.69, 9.17) is 4.74 Å². The average molecular weight is 470 g/mol. The highest BCUT2D eigenvalue weighted by molar-refractivity contribution is 6.02. The summed E-state index contributed by atoms with van der Waals surface area (Å²) in [5.41, 5.74) is -0.686. The van der Waals surface area contributed by atoms with E-state index in [0.717, 1.165) is 6.42 Å². The molecule has 11 nitrogen and oxygen atoms in total. The van der Waals surface area contributed by atoms with Gasteiger partial charge < -0.3 is 14.5 Å². The van der Waals surface area contributed by atoms with Crippen LogP contribution in [0.1, 0.15) is 27.2 Å². The summed E-state index contributed by atoms with van der Waals surface area (Å²) in [7, 11) is 4.02. The molecule has 1 aliphatic heterocycles. The van der Waals surface area contributed by atoms with Crippen molar-refractivity contribution in [3.63, 3.8) is 0 Å². The van der Waals surface area contributed by atoms with Crippen LogP contribution in [-0.4, -0.2) is 71.0 Å². The lowest BCUT2D eigenvalue weighted by molar-refractivity contribution is -0.127. The fourth-order valence-electron chi connectivity index (χ4n) is 3.17. The lowest BCUT2D eigenvalue weighted by Crippen LogP contribution is -2.41. The zero-order chi connectivity index (χ0) is 24.9. The first kappa shape index (κ1) is 24.9. The number of amides is 5. The molecule has 1 saturated heterocycles. The van der Waals surface area contributed by atoms with Gasteiger partial charge in [0, 0.05) is 36.8 Å². The molecule has 0 bridgehead atoms. The van der Waals surface area contributed by atoms with Gasteiger partial charge in [0.15, 0.2) is 0 Å². The summed E-state index contributed by atoms with van der Waals surface area (Å²) in [4.78, 5) is 48.6. The highest BCUT2D eigenvalue weighted by Crippen LogP contribution is 2.24. The van der Waals surface area contributed by atoms with Gasteiger partial charge in [-0.05, 0) is 38.7 Å². The molecule has 0 aliphatic carbocycles. The molecule has 34 heavy (non-hydrogen) atoms. The summed E-state index contributed by atoms with van der Waals surface area (Å²) >= 11 is 0. The summed E-state index contributed by atoms with van der Waals surface area (Å²) < 4.78 is 5.79. The van der Waals surface area contributed by atoms with E-state index >= 15 is 0 Å². The number of ether oxygens (including phenoxy) is 1. The number of aromatic nitrogens is 2. The standard InChI is InChI=1S/C23H31N7O4/c1-23(2,3)20(31)28-21(32)26-18-7-6-17(13-25-18)34-16-8-10-24-19(12-16)27-22(33)30-11-9-15(14-30)29(4)5/h6-8,10,12-13,15H,9,11,14H2,1-5H3,(H,24,27,33)(H2,25,26,28,31,32)/t15-/m0/s1. The number of likely N-dealkylation sites (tertiary alicyclic amines) is 1. The van der Waals surface area contributed by atoms with Crippen LogP contribution in [0.25, 0.3) is 0 Å². The van der Waals surface area contributed by atoms with Crippen LogP contribution in [0.15, 0.2) is 36.7 Å². The molecule has 11 heteroatoms. The number of urea groups is 2. The topological polar surface area (TPSA) is 129 Å². The van der Waals surface area contributed by atoms with E-state index in [2.05, 4.69) is 30.8 Å². The number of carbonyl (C=O) groups is 3. The molecule has 0 aromatic carbocycles. The van der Waals surface area contributed by atoms with E-state index < -0.39 is 17.4 Å². The molecule has 3 rings (SSSR count). The third-order valence-electron chi connectivity index (χ3n) is 5.27. The largest absolute Gasteiger partial charge is 0.456 e. The van der Waals surface area contributed by atoms with Crippen molar-refractivity contribution in [1.82, 2.24) is 25.1 Å². The number of nitrogens with one attached hydrogen (secondary N) is 3. The Morgan fingerprint density at radius 2 is 1.82 bits per heavy atom. The molecule has 1 aliphatic rings. The number of anilines is 2. The van der Waals surface area contributed by atoms with E-state index in [1.54, 1.807) is 49.9 Å². The fourth-order valence-corrected chi connectivity index (χ4v) is 3.17. The van der Waals surface area contributed by atoms with Crippen LogP contribution in [0, 0.1) is 5.41 Å². The summed E-state index contributed by atoms with van der Waals surface area (Å²) in [6.07, 6.45) is 3.91. The molecule has 5 amide bonds. The zero-order valence-electron chi connectivity index (χ0n) is 20.1. The molecular weight excluding hydrogens is 438 g/mol. The van der Waals surface area contributed by atoms with Gasteiger partial charge in [-0.2, -0.15) is 0 Å². The van der Waals surface area contributed by atoms with Crippen LogP contribution in [0.5, 0.6) is 11.5 Å². The van der Waals surface area contributed by atoms with Crippen molar-refractivity contribution in [2.45, 2.75) is 33.2 Å². The molecule has 2 aromatic heterocycles. The Hall–Kier alpha value is -3.73. The molecular formula is C23H31N7O4. The van der Waals surface area contributed by atoms with E-state index in [1.807, 2.05) is 14.1 Å². The monoisotopic (exact) mass is 469 g/mol. The predicted molar refractivity (Wildman–Crippen MR) is 128 cm³/mol. The number of likely N-dealkylation sites (N-methyl/N-ethyl adjacent to an activating group) is 1. The second-order valence-electron chi connectivity index (χ2n) is 9.30. The van der Waals surface area contributed by atoms with Gasteiger partial charge in [0.05, 0.1) is 6.20 Å². The number of pyridine rings is 2. The first-order valence-corrected chi connectivity index (χ1v) is 11.0. The number of nitrogens with zero attached hydrogens (tertiary/aromatic N) is 4. The number of imide groups is 1. The zero-order valence-corrected chi connectivity index (χ0v) is 20.1. The van der Waals surface area contributed by atoms with Crippen molar-refractivity contribution in [2.75, 3.05) is 37.8 Å². The molecule has 3 N–H and O–H groups in total. The van der Waals surface area contributed by atoms with Gasteiger partial charge in [-0.15, -0.1) is 0 Å². The third kappa shape index (κ3) is 6.88. The van der Waals surface area contributed by atoms with Crippen molar-refractivity contribution in [2.24, 2.45) is 5.41 Å². The second-order valence-corrected chi connectivity index (χ2v) is 9.30. The van der Waals surface area contributed by atoms with E-state index in [1.165, 1.54) is 12.4 Å². The van der Waals surface area contributed by atoms with Crippen molar-refractivity contribution < 1.29 is 19.1 Å². The van der Waals surface area contributed by atoms with Crippen molar-refractivity contribution in [3.8, 4) is 11.5 Å². The predicted octanol–water partition coefficient (Wildman–Crippen LogP) is 3.13. The SMILES string of the molecule is CN(C)[C@H]1CCN(C(=O)Nc2cc(Oc3ccc(NC(=O)NC(=O)C(C)(C)C)nc3)ccn2)C1. The molecule has 2 aromatic rings. The fraction of sp³-hybridized carbons (Fsp3) is 0.435. The molecule has 0 spiro atoms. The van der Waals surface area contributed by atoms with Crippen LogP contribution in [0.3, 0.4) is 0 Å². The van der Waals surface area contributed by atoms with Crippen LogP contribution in [0.2, 0.25) is 0 Å². The number of hydrogen-bond donors (Lipinski definition) is 3. The molecule has 0 unspecified atom stereocenters. The lowest BCUT2D eigenvalue weighted by Gasteiger charge is -2.20. The minimum Gasteiger partial charge on any atom is -0.456 e. The number of hydrogen-bond acceptors (Lipinski definition) is 7. The van der Waals surface area contributed by atoms with Crippen LogP contribution in [-0.2, 0) is 4.79 Å². The molecule has 1 fully saturated rings. The normalized spacial score (nSPS) is 15.7. The van der Waals surface area contributed by atoms with Gasteiger partial charge in [0.25, 0.3) is 0 Å². The van der Waals surface area contributed by atoms with E-state index in [-0.39, 0.29) is 11.8 Å². The Labute approximate surface area is 198 Å². The van der Waals surface area contributed by atoms with Crippen LogP contribution in [0.4, 0.5) is 21.2 Å². The van der Waals surface area contributed by atoms with E-state index in [9.17, 15) is 14.4 Å². The van der Waals surface area contributed by atoms with Crippen molar-refractivity contribution in [1.29, 1.82) is 0 Å². The number of carbonyl (C=O) groups excluding carboxylic acids is 3. The van der Waals surface area contributed by atoms with Gasteiger partial charge in [-0.3, -0.25) is 20.7 Å². The summed E-state index contributed by atoms with van der Waals surface area (Å²) in [6, 6.07) is 5.94.